The molecule has 26 heavy (non-hydrogen) atoms. The number of H-pyrrole nitrogens is 1. The molecular formula is C17H23N3O5S. The van der Waals surface area contributed by atoms with E-state index in [1.807, 2.05) is 32.0 Å². The summed E-state index contributed by atoms with van der Waals surface area (Å²) in [4.78, 5) is 11.9. The molecule has 2 heterocycles. The van der Waals surface area contributed by atoms with Crippen LogP contribution in [0.5, 0.6) is 11.5 Å². The van der Waals surface area contributed by atoms with Crippen LogP contribution in [0.15, 0.2) is 29.6 Å². The average Bonchev–Trinajstić information content (AvgIpc) is 3.01. The summed E-state index contributed by atoms with van der Waals surface area (Å²) in [5, 5.41) is 0.430. The minimum absolute atomic E-state index is 0. The fraction of sp³-hybridized carbons (Fsp3) is 0.294. The molecule has 0 fully saturated rings. The molecule has 0 aliphatic rings. The van der Waals surface area contributed by atoms with Gasteiger partial charge in [-0.2, -0.15) is 0 Å². The molecule has 142 valence electrons. The molecule has 0 aliphatic carbocycles. The molecule has 8 nitrogen and oxygen atoms in total. The van der Waals surface area contributed by atoms with E-state index in [0.717, 1.165) is 39.4 Å². The van der Waals surface area contributed by atoms with Crippen molar-refractivity contribution in [3.05, 3.63) is 41.2 Å². The molecule has 0 saturated heterocycles. The highest BCUT2D eigenvalue weighted by Crippen LogP contribution is 2.26. The molecule has 0 bridgehead atoms. The summed E-state index contributed by atoms with van der Waals surface area (Å²) >= 11 is 0. The molecule has 0 unspecified atom stereocenters. The number of nitrogens with one attached hydrogen (secondary N) is 1. The van der Waals surface area contributed by atoms with E-state index in [1.54, 1.807) is 20.4 Å². The Balaban J connectivity index is 0.00000169. The molecule has 9 heteroatoms. The van der Waals surface area contributed by atoms with Crippen molar-refractivity contribution in [2.75, 3.05) is 14.2 Å². The zero-order valence-electron chi connectivity index (χ0n) is 15.0. The number of nitrogens with zero attached hydrogens (tertiary/aromatic N) is 2. The van der Waals surface area contributed by atoms with Crippen LogP contribution in [-0.4, -0.2) is 44.3 Å². The summed E-state index contributed by atoms with van der Waals surface area (Å²) in [5.41, 5.74) is 4.16. The average molecular weight is 381 g/mol. The van der Waals surface area contributed by atoms with Gasteiger partial charge < -0.3 is 25.4 Å². The highest BCUT2D eigenvalue weighted by molar-refractivity contribution is 7.84. The monoisotopic (exact) mass is 381 g/mol. The molecule has 0 saturated carbocycles. The number of rotatable bonds is 5. The highest BCUT2D eigenvalue weighted by atomic mass is 32.2. The van der Waals surface area contributed by atoms with Gasteiger partial charge in [0.2, 0.25) is 0 Å². The van der Waals surface area contributed by atoms with Gasteiger partial charge in [-0.05, 0) is 26.0 Å². The third kappa shape index (κ3) is 4.01. The SMILES string of the molecule is COc1ccc2nc([S@](=O)Cc3ncc(C)c(OC)c3C)[nH]c2c1.O.O. The largest absolute Gasteiger partial charge is 0.497 e. The number of aryl methyl sites for hydroxylation is 1. The first-order valence-corrected chi connectivity index (χ1v) is 8.76. The molecule has 2 aromatic heterocycles. The number of ether oxygens (including phenoxy) is 2. The number of aromatic nitrogens is 3. The molecule has 0 amide bonds. The van der Waals surface area contributed by atoms with Gasteiger partial charge in [0, 0.05) is 23.4 Å². The minimum Gasteiger partial charge on any atom is -0.497 e. The second-order valence-corrected chi connectivity index (χ2v) is 6.83. The molecule has 1 aromatic carbocycles. The summed E-state index contributed by atoms with van der Waals surface area (Å²) in [6.45, 7) is 3.86. The van der Waals surface area contributed by atoms with Crippen molar-refractivity contribution in [2.45, 2.75) is 24.8 Å². The molecule has 5 N–H and O–H groups in total. The smallest absolute Gasteiger partial charge is 0.197 e. The Morgan fingerprint density at radius 2 is 1.88 bits per heavy atom. The fourth-order valence-electron chi connectivity index (χ4n) is 2.61. The maximum Gasteiger partial charge on any atom is 0.197 e. The van der Waals surface area contributed by atoms with Crippen molar-refractivity contribution in [3.63, 3.8) is 0 Å². The Bertz CT molecular complexity index is 926. The van der Waals surface area contributed by atoms with Gasteiger partial charge in [-0.25, -0.2) is 4.98 Å². The molecule has 0 radical (unpaired) electrons. The minimum atomic E-state index is -1.33. The van der Waals surface area contributed by atoms with Gasteiger partial charge in [0.05, 0.1) is 47.5 Å². The lowest BCUT2D eigenvalue weighted by Crippen LogP contribution is -2.05. The standard InChI is InChI=1S/C17H19N3O3S.2H2O/c1-10-8-18-15(11(2)16(10)23-4)9-24(21)17-19-13-6-5-12(22-3)7-14(13)20-17;;/h5-8H,9H2,1-4H3,(H,19,20);2*1H2/t24-;;/m1../s1. The predicted molar refractivity (Wildman–Crippen MR) is 100 cm³/mol. The summed E-state index contributed by atoms with van der Waals surface area (Å²) in [5.74, 6) is 1.79. The Hall–Kier alpha value is -2.49. The van der Waals surface area contributed by atoms with Crippen molar-refractivity contribution in [2.24, 2.45) is 0 Å². The zero-order chi connectivity index (χ0) is 17.3. The van der Waals surface area contributed by atoms with Crippen molar-refractivity contribution >= 4 is 21.8 Å². The topological polar surface area (TPSA) is 140 Å². The molecule has 1 atom stereocenters. The lowest BCUT2D eigenvalue weighted by molar-refractivity contribution is 0.407. The number of hydrogen-bond acceptors (Lipinski definition) is 5. The van der Waals surface area contributed by atoms with Crippen LogP contribution in [0.3, 0.4) is 0 Å². The van der Waals surface area contributed by atoms with Crippen molar-refractivity contribution in [3.8, 4) is 11.5 Å². The van der Waals surface area contributed by atoms with E-state index in [4.69, 9.17) is 9.47 Å². The quantitative estimate of drug-likeness (QED) is 0.708. The first-order chi connectivity index (χ1) is 11.5. The van der Waals surface area contributed by atoms with Crippen LogP contribution in [0, 0.1) is 13.8 Å². The molecule has 3 aromatic rings. The van der Waals surface area contributed by atoms with Gasteiger partial charge in [-0.1, -0.05) is 0 Å². The summed E-state index contributed by atoms with van der Waals surface area (Å²) in [6.07, 6.45) is 1.74. The van der Waals surface area contributed by atoms with Gasteiger partial charge in [0.25, 0.3) is 0 Å². The number of aromatic amines is 1. The number of benzene rings is 1. The van der Waals surface area contributed by atoms with E-state index in [9.17, 15) is 4.21 Å². The van der Waals surface area contributed by atoms with Gasteiger partial charge in [0.15, 0.2) is 5.16 Å². The number of pyridine rings is 1. The Morgan fingerprint density at radius 1 is 1.15 bits per heavy atom. The van der Waals surface area contributed by atoms with Crippen molar-refractivity contribution < 1.29 is 24.6 Å². The third-order valence-electron chi connectivity index (χ3n) is 3.90. The second kappa shape index (κ2) is 8.75. The zero-order valence-corrected chi connectivity index (χ0v) is 15.9. The Morgan fingerprint density at radius 3 is 2.54 bits per heavy atom. The van der Waals surface area contributed by atoms with E-state index >= 15 is 0 Å². The van der Waals surface area contributed by atoms with E-state index in [1.165, 1.54) is 0 Å². The predicted octanol–water partition coefficient (Wildman–Crippen LogP) is 1.25. The third-order valence-corrected chi connectivity index (χ3v) is 5.06. The number of methoxy groups -OCH3 is 2. The first kappa shape index (κ1) is 21.6. The van der Waals surface area contributed by atoms with Gasteiger partial charge in [-0.3, -0.25) is 9.19 Å². The Kier molecular flexibility index (Phi) is 7.25. The Labute approximate surface area is 153 Å². The van der Waals surface area contributed by atoms with Gasteiger partial charge in [-0.15, -0.1) is 0 Å². The molecule has 0 spiro atoms. The van der Waals surface area contributed by atoms with Crippen molar-refractivity contribution in [1.29, 1.82) is 0 Å². The fourth-order valence-corrected chi connectivity index (χ4v) is 3.71. The maximum atomic E-state index is 12.7. The number of fused-ring (bicyclic) bond motifs is 1. The van der Waals surface area contributed by atoms with Crippen LogP contribution >= 0.6 is 0 Å². The second-order valence-electron chi connectivity index (χ2n) is 5.46. The van der Waals surface area contributed by atoms with E-state index in [-0.39, 0.29) is 16.7 Å². The van der Waals surface area contributed by atoms with Crippen LogP contribution < -0.4 is 9.47 Å². The van der Waals surface area contributed by atoms with E-state index in [2.05, 4.69) is 15.0 Å². The van der Waals surface area contributed by atoms with E-state index < -0.39 is 10.8 Å². The lowest BCUT2D eigenvalue weighted by atomic mass is 10.1. The van der Waals surface area contributed by atoms with E-state index in [0.29, 0.717) is 5.16 Å². The highest BCUT2D eigenvalue weighted by Gasteiger charge is 2.16. The van der Waals surface area contributed by atoms with Crippen LogP contribution in [0.2, 0.25) is 0 Å². The lowest BCUT2D eigenvalue weighted by Gasteiger charge is -2.11. The van der Waals surface area contributed by atoms with Gasteiger partial charge in [0.1, 0.15) is 11.5 Å². The molecular weight excluding hydrogens is 358 g/mol. The maximum absolute atomic E-state index is 12.7. The summed E-state index contributed by atoms with van der Waals surface area (Å²) in [7, 11) is 1.91. The number of imidazole rings is 1. The van der Waals surface area contributed by atoms with Crippen LogP contribution in [0.25, 0.3) is 11.0 Å². The normalized spacial score (nSPS) is 11.4. The van der Waals surface area contributed by atoms with Crippen LogP contribution in [0.1, 0.15) is 16.8 Å². The summed E-state index contributed by atoms with van der Waals surface area (Å²) < 4.78 is 23.3. The summed E-state index contributed by atoms with van der Waals surface area (Å²) in [6, 6.07) is 5.50. The van der Waals surface area contributed by atoms with Crippen LogP contribution in [-0.2, 0) is 16.6 Å². The van der Waals surface area contributed by atoms with Crippen molar-refractivity contribution in [1.82, 2.24) is 15.0 Å². The van der Waals surface area contributed by atoms with Gasteiger partial charge >= 0.3 is 0 Å². The van der Waals surface area contributed by atoms with Crippen LogP contribution in [0.4, 0.5) is 0 Å². The molecule has 0 aliphatic heterocycles. The number of hydrogen-bond donors (Lipinski definition) is 1. The first-order valence-electron chi connectivity index (χ1n) is 7.44. The molecule has 3 rings (SSSR count).